The van der Waals surface area contributed by atoms with Crippen LogP contribution < -0.4 is 5.46 Å². The van der Waals surface area contributed by atoms with Crippen LogP contribution in [0.3, 0.4) is 0 Å². The quantitative estimate of drug-likeness (QED) is 0.483. The van der Waals surface area contributed by atoms with Crippen LogP contribution >= 0.6 is 0 Å². The Balaban J connectivity index is 1.72. The zero-order valence-corrected chi connectivity index (χ0v) is 22.6. The minimum Gasteiger partial charge on any atom is -0.596 e. The molecule has 2 saturated heterocycles. The molecule has 194 valence electrons. The number of rotatable bonds is 2. The van der Waals surface area contributed by atoms with E-state index in [4.69, 9.17) is 14.0 Å². The van der Waals surface area contributed by atoms with E-state index in [0.29, 0.717) is 22.2 Å². The topological polar surface area (TPSA) is 83.8 Å². The van der Waals surface area contributed by atoms with Crippen LogP contribution in [0.4, 0.5) is 4.79 Å². The van der Waals surface area contributed by atoms with Gasteiger partial charge in [0.25, 0.3) is 0 Å². The summed E-state index contributed by atoms with van der Waals surface area (Å²) in [5.41, 5.74) is -0.151. The zero-order valence-electron chi connectivity index (χ0n) is 22.6. The molecule has 8 nitrogen and oxygen atoms in total. The molecule has 37 heavy (non-hydrogen) atoms. The number of quaternary nitrogens is 1. The van der Waals surface area contributed by atoms with E-state index in [2.05, 4.69) is 0 Å². The Kier molecular flexibility index (Phi) is 5.07. The summed E-state index contributed by atoms with van der Waals surface area (Å²) in [5, 5.41) is 0.875. The van der Waals surface area contributed by atoms with Crippen molar-refractivity contribution in [1.82, 2.24) is 4.57 Å². The van der Waals surface area contributed by atoms with Crippen molar-refractivity contribution in [3.63, 3.8) is 0 Å². The minimum absolute atomic E-state index is 0.0455. The average molecular weight is 504 g/mol. The molecule has 0 spiro atoms. The summed E-state index contributed by atoms with van der Waals surface area (Å²) in [6.07, 6.45) is -0.500. The van der Waals surface area contributed by atoms with Crippen molar-refractivity contribution >= 4 is 41.1 Å². The van der Waals surface area contributed by atoms with Crippen LogP contribution in [0.5, 0.6) is 0 Å². The predicted octanol–water partition coefficient (Wildman–Crippen LogP) is 4.35. The Bertz CT molecular complexity index is 1450. The fourth-order valence-electron chi connectivity index (χ4n) is 5.97. The number of hydrogen-bond acceptors (Lipinski definition) is 6. The Morgan fingerprint density at radius 2 is 1.51 bits per heavy atom. The third-order valence-electron chi connectivity index (χ3n) is 8.43. The molecular weight excluding hydrogens is 471 g/mol. The first-order valence-corrected chi connectivity index (χ1v) is 12.5. The second-order valence-electron chi connectivity index (χ2n) is 12.2. The van der Waals surface area contributed by atoms with E-state index >= 15 is 0 Å². The largest absolute Gasteiger partial charge is 0.615 e. The van der Waals surface area contributed by atoms with E-state index in [1.807, 2.05) is 82.4 Å². The second-order valence-corrected chi connectivity index (χ2v) is 12.2. The molecule has 0 saturated carbocycles. The van der Waals surface area contributed by atoms with Crippen molar-refractivity contribution in [2.45, 2.75) is 65.1 Å². The van der Waals surface area contributed by atoms with Crippen LogP contribution in [0.2, 0.25) is 0 Å². The van der Waals surface area contributed by atoms with Gasteiger partial charge in [0.05, 0.1) is 11.2 Å². The third kappa shape index (κ3) is 3.16. The van der Waals surface area contributed by atoms with Gasteiger partial charge in [-0.3, -0.25) is 0 Å². The van der Waals surface area contributed by atoms with Gasteiger partial charge in [-0.1, -0.05) is 42.5 Å². The highest BCUT2D eigenvalue weighted by molar-refractivity contribution is 6.79. The molecule has 0 bridgehead atoms. The van der Waals surface area contributed by atoms with E-state index in [9.17, 15) is 14.4 Å². The molecule has 3 aromatic rings. The highest BCUT2D eigenvalue weighted by atomic mass is 16.7. The summed E-state index contributed by atoms with van der Waals surface area (Å²) in [5.74, 6) is -0.854. The molecule has 5 rings (SSSR count). The number of aromatic nitrogens is 1. The average Bonchev–Trinajstić information content (AvgIpc) is 3.32. The van der Waals surface area contributed by atoms with E-state index in [0.717, 1.165) is 5.39 Å². The molecule has 1 aromatic heterocycles. The number of hydrogen-bond donors (Lipinski definition) is 0. The molecule has 0 aliphatic carbocycles. The Hall–Kier alpha value is -3.59. The molecule has 0 atom stereocenters. The van der Waals surface area contributed by atoms with Crippen molar-refractivity contribution in [3.05, 3.63) is 54.6 Å². The number of para-hydroxylation sites is 1. The van der Waals surface area contributed by atoms with E-state index < -0.39 is 41.4 Å². The van der Waals surface area contributed by atoms with Crippen LogP contribution in [-0.4, -0.2) is 57.4 Å². The zero-order chi connectivity index (χ0) is 27.2. The molecule has 0 unspecified atom stereocenters. The standard InChI is InChI=1S/C28H33BN2O6/c1-26(2,3)35-25(34)30-21-15-10-9-12-19(21)17-22(30)18-13-11-14-20(16-18)29-31(8,27(4,5)23(32)36-29)28(6,7)24(33)37-29/h9-17H,1-8H3. The van der Waals surface area contributed by atoms with Crippen LogP contribution in [0.15, 0.2) is 54.6 Å². The van der Waals surface area contributed by atoms with Gasteiger partial charge in [0.1, 0.15) is 5.60 Å². The maximum absolute atomic E-state index is 13.4. The predicted molar refractivity (Wildman–Crippen MR) is 141 cm³/mol. The summed E-state index contributed by atoms with van der Waals surface area (Å²) in [6, 6.07) is 16.8. The molecule has 2 aliphatic heterocycles. The van der Waals surface area contributed by atoms with Crippen LogP contribution in [0, 0.1) is 0 Å². The molecular formula is C28H33BN2O6. The Labute approximate surface area is 216 Å². The smallest absolute Gasteiger partial charge is 0.596 e. The van der Waals surface area contributed by atoms with Crippen molar-refractivity contribution in [2.75, 3.05) is 7.05 Å². The lowest BCUT2D eigenvalue weighted by molar-refractivity contribution is -0.885. The maximum Gasteiger partial charge on any atom is 0.615 e. The number of fused-ring (bicyclic) bond motifs is 2. The number of carbonyl (C=O) groups is 3. The summed E-state index contributed by atoms with van der Waals surface area (Å²) in [6.45, 7) is 10.0. The van der Waals surface area contributed by atoms with Crippen molar-refractivity contribution in [3.8, 4) is 11.3 Å². The minimum atomic E-state index is -2.57. The summed E-state index contributed by atoms with van der Waals surface area (Å²) in [7, 11) is 1.85. The van der Waals surface area contributed by atoms with Crippen molar-refractivity contribution < 1.29 is 32.8 Å². The lowest BCUT2D eigenvalue weighted by Gasteiger charge is -2.54. The molecule has 2 aromatic carbocycles. The second kappa shape index (κ2) is 7.48. The van der Waals surface area contributed by atoms with E-state index in [-0.39, 0.29) is 4.39 Å². The highest BCUT2D eigenvalue weighted by Crippen LogP contribution is 2.52. The SMILES string of the molecule is CC(C)(C)OC(=O)n1c(-c2cccc([B-]34OC(=O)C(C)(C)[N+]3(C)C(C)(C)C(=O)O4)c2)cc2ccccc21. The van der Waals surface area contributed by atoms with Crippen molar-refractivity contribution in [2.24, 2.45) is 0 Å². The monoisotopic (exact) mass is 504 g/mol. The normalized spacial score (nSPS) is 26.1. The number of benzene rings is 2. The lowest BCUT2D eigenvalue weighted by atomic mass is 9.57. The molecule has 0 amide bonds. The van der Waals surface area contributed by atoms with Gasteiger partial charge in [-0.05, 0) is 71.6 Å². The first kappa shape index (κ1) is 25.1. The fourth-order valence-corrected chi connectivity index (χ4v) is 5.97. The lowest BCUT2D eigenvalue weighted by Crippen LogP contribution is -2.77. The molecule has 2 aliphatic rings. The molecule has 0 radical (unpaired) electrons. The molecule has 2 fully saturated rings. The van der Waals surface area contributed by atoms with Gasteiger partial charge in [0, 0.05) is 12.4 Å². The van der Waals surface area contributed by atoms with Crippen LogP contribution in [-0.2, 0) is 23.6 Å². The van der Waals surface area contributed by atoms with Gasteiger partial charge in [-0.2, -0.15) is 0 Å². The van der Waals surface area contributed by atoms with Gasteiger partial charge >= 0.3 is 24.7 Å². The summed E-state index contributed by atoms with van der Waals surface area (Å²) >= 11 is 0. The van der Waals surface area contributed by atoms with Gasteiger partial charge in [0.15, 0.2) is 11.1 Å². The van der Waals surface area contributed by atoms with Crippen molar-refractivity contribution in [1.29, 1.82) is 0 Å². The summed E-state index contributed by atoms with van der Waals surface area (Å²) in [4.78, 5) is 39.7. The third-order valence-corrected chi connectivity index (χ3v) is 8.43. The van der Waals surface area contributed by atoms with Gasteiger partial charge < -0.3 is 18.4 Å². The number of nitrogens with zero attached hydrogens (tertiary/aromatic N) is 2. The van der Waals surface area contributed by atoms with Crippen LogP contribution in [0.1, 0.15) is 48.5 Å². The first-order valence-electron chi connectivity index (χ1n) is 12.5. The fraction of sp³-hybridized carbons (Fsp3) is 0.393. The number of ether oxygens (including phenoxy) is 1. The van der Waals surface area contributed by atoms with Gasteiger partial charge in [0.2, 0.25) is 0 Å². The molecule has 3 heterocycles. The maximum atomic E-state index is 13.4. The number of likely N-dealkylation sites (N-methyl/N-ethyl adjacent to an activating group) is 1. The Morgan fingerprint density at radius 1 is 0.919 bits per heavy atom. The molecule has 0 N–H and O–H groups in total. The number of carbonyl (C=O) groups excluding carboxylic acids is 3. The molecule has 9 heteroatoms. The summed E-state index contributed by atoms with van der Waals surface area (Å²) < 4.78 is 19.3. The van der Waals surface area contributed by atoms with E-state index in [1.54, 1.807) is 32.3 Å². The van der Waals surface area contributed by atoms with Crippen LogP contribution in [0.25, 0.3) is 22.2 Å². The van der Waals surface area contributed by atoms with Gasteiger partial charge in [-0.25, -0.2) is 19.0 Å². The first-order chi connectivity index (χ1) is 17.1. The highest BCUT2D eigenvalue weighted by Gasteiger charge is 2.80. The van der Waals surface area contributed by atoms with Gasteiger partial charge in [-0.15, -0.1) is 0 Å². The van der Waals surface area contributed by atoms with E-state index in [1.165, 1.54) is 0 Å². The Morgan fingerprint density at radius 3 is 2.11 bits per heavy atom.